The van der Waals surface area contributed by atoms with E-state index in [-0.39, 0.29) is 5.41 Å². The van der Waals surface area contributed by atoms with Crippen LogP contribution in [0.2, 0.25) is 19.6 Å². The van der Waals surface area contributed by atoms with Gasteiger partial charge >= 0.3 is 0 Å². The first kappa shape index (κ1) is 19.7. The maximum atomic E-state index is 6.71. The molecule has 2 aromatic heterocycles. The van der Waals surface area contributed by atoms with E-state index < -0.39 is 8.07 Å². The summed E-state index contributed by atoms with van der Waals surface area (Å²) in [6.45, 7) is 14.1. The summed E-state index contributed by atoms with van der Waals surface area (Å²) in [6.07, 6.45) is 0. The summed E-state index contributed by atoms with van der Waals surface area (Å²) < 4.78 is 6.71. The molecule has 0 aliphatic heterocycles. The first-order chi connectivity index (χ1) is 15.1. The Morgan fingerprint density at radius 3 is 2.44 bits per heavy atom. The van der Waals surface area contributed by atoms with Crippen molar-refractivity contribution in [2.45, 2.75) is 51.9 Å². The van der Waals surface area contributed by atoms with E-state index in [9.17, 15) is 0 Å². The SMILES string of the molecule is Cc1ccc2c3c1oc1c(C[Si](C)(C)C)ccc(c13)C(C)(C)c1cc3ccccc3nc1-2. The van der Waals surface area contributed by atoms with Gasteiger partial charge in [0.2, 0.25) is 0 Å². The van der Waals surface area contributed by atoms with E-state index in [1.165, 1.54) is 44.0 Å². The quantitative estimate of drug-likeness (QED) is 0.261. The van der Waals surface area contributed by atoms with Crippen LogP contribution in [0, 0.1) is 6.92 Å². The number of hydrogen-bond acceptors (Lipinski definition) is 2. The largest absolute Gasteiger partial charge is 0.455 e. The molecule has 0 spiro atoms. The van der Waals surface area contributed by atoms with Gasteiger partial charge in [0.05, 0.1) is 11.2 Å². The van der Waals surface area contributed by atoms with E-state index in [0.717, 1.165) is 28.4 Å². The van der Waals surface area contributed by atoms with Crippen molar-refractivity contribution in [3.63, 3.8) is 0 Å². The van der Waals surface area contributed by atoms with Gasteiger partial charge in [-0.2, -0.15) is 0 Å². The number of rotatable bonds is 2. The molecule has 3 aromatic carbocycles. The second-order valence-electron chi connectivity index (χ2n) is 11.2. The molecular formula is C29H29NOSi. The van der Waals surface area contributed by atoms with Crippen molar-refractivity contribution in [1.29, 1.82) is 0 Å². The second kappa shape index (κ2) is 6.32. The van der Waals surface area contributed by atoms with Crippen LogP contribution in [0.1, 0.15) is 36.1 Å². The topological polar surface area (TPSA) is 26.0 Å². The molecule has 3 heteroatoms. The summed E-state index contributed by atoms with van der Waals surface area (Å²) in [6, 6.07) is 21.1. The van der Waals surface area contributed by atoms with E-state index in [1.54, 1.807) is 0 Å². The molecule has 0 radical (unpaired) electrons. The van der Waals surface area contributed by atoms with Crippen LogP contribution in [0.25, 0.3) is 44.1 Å². The molecule has 160 valence electrons. The van der Waals surface area contributed by atoms with Gasteiger partial charge in [-0.3, -0.25) is 0 Å². The van der Waals surface area contributed by atoms with E-state index in [1.807, 2.05) is 0 Å². The van der Waals surface area contributed by atoms with Gasteiger partial charge in [-0.05, 0) is 47.4 Å². The lowest BCUT2D eigenvalue weighted by atomic mass is 9.76. The summed E-state index contributed by atoms with van der Waals surface area (Å²) >= 11 is 0. The Kier molecular flexibility index (Phi) is 3.90. The van der Waals surface area contributed by atoms with Gasteiger partial charge in [0.25, 0.3) is 0 Å². The molecular weight excluding hydrogens is 406 g/mol. The molecule has 0 saturated heterocycles. The summed E-state index contributed by atoms with van der Waals surface area (Å²) in [4.78, 5) is 5.22. The van der Waals surface area contributed by atoms with Crippen LogP contribution in [0.3, 0.4) is 0 Å². The lowest BCUT2D eigenvalue weighted by molar-refractivity contribution is 0.640. The van der Waals surface area contributed by atoms with Crippen LogP contribution in [0.5, 0.6) is 0 Å². The van der Waals surface area contributed by atoms with Crippen LogP contribution in [0.4, 0.5) is 0 Å². The number of aryl methyl sites for hydroxylation is 1. The summed E-state index contributed by atoms with van der Waals surface area (Å²) in [5.74, 6) is 0. The fraction of sp³-hybridized carbons (Fsp3) is 0.276. The molecule has 1 aliphatic carbocycles. The fourth-order valence-electron chi connectivity index (χ4n) is 5.53. The van der Waals surface area contributed by atoms with E-state index in [2.05, 4.69) is 95.0 Å². The summed E-state index contributed by atoms with van der Waals surface area (Å²) in [7, 11) is -1.31. The zero-order valence-corrected chi connectivity index (χ0v) is 20.8. The van der Waals surface area contributed by atoms with E-state index in [4.69, 9.17) is 9.40 Å². The van der Waals surface area contributed by atoms with Crippen molar-refractivity contribution in [3.8, 4) is 11.3 Å². The highest BCUT2D eigenvalue weighted by Gasteiger charge is 2.36. The third kappa shape index (κ3) is 2.67. The van der Waals surface area contributed by atoms with Crippen LogP contribution >= 0.6 is 0 Å². The van der Waals surface area contributed by atoms with Gasteiger partial charge < -0.3 is 4.42 Å². The summed E-state index contributed by atoms with van der Waals surface area (Å²) in [5, 5.41) is 3.73. The van der Waals surface area contributed by atoms with Crippen LogP contribution in [0.15, 0.2) is 59.0 Å². The van der Waals surface area contributed by atoms with Crippen molar-refractivity contribution in [2.24, 2.45) is 0 Å². The maximum absolute atomic E-state index is 6.71. The van der Waals surface area contributed by atoms with Gasteiger partial charge in [0.15, 0.2) is 0 Å². The predicted octanol–water partition coefficient (Wildman–Crippen LogP) is 8.17. The maximum Gasteiger partial charge on any atom is 0.139 e. The Morgan fingerprint density at radius 2 is 1.66 bits per heavy atom. The average Bonchev–Trinajstić information content (AvgIpc) is 3.11. The van der Waals surface area contributed by atoms with Gasteiger partial charge in [-0.1, -0.05) is 76.0 Å². The number of para-hydroxylation sites is 1. The molecule has 0 N–H and O–H groups in total. The highest BCUT2D eigenvalue weighted by Crippen LogP contribution is 2.51. The number of pyridine rings is 1. The first-order valence-corrected chi connectivity index (χ1v) is 15.2. The van der Waals surface area contributed by atoms with Gasteiger partial charge in [-0.15, -0.1) is 0 Å². The predicted molar refractivity (Wildman–Crippen MR) is 138 cm³/mol. The molecule has 32 heavy (non-hydrogen) atoms. The normalized spacial score (nSPS) is 14.9. The smallest absolute Gasteiger partial charge is 0.139 e. The number of furan rings is 1. The standard InChI is InChI=1S/C29H29NOSi/c1-17-11-13-20-24-25-21(14-12-19(16-32(4,5)6)28(25)31-27(17)24)29(2,3)22-15-18-9-7-8-10-23(18)30-26(20)22/h7-15H,16H2,1-6H3. The second-order valence-corrected chi connectivity index (χ2v) is 16.6. The number of aromatic nitrogens is 1. The Bertz CT molecular complexity index is 1570. The molecule has 6 rings (SSSR count). The molecule has 0 amide bonds. The average molecular weight is 436 g/mol. The van der Waals surface area contributed by atoms with Crippen molar-refractivity contribution in [3.05, 3.63) is 76.9 Å². The third-order valence-electron chi connectivity index (χ3n) is 7.09. The Balaban J connectivity index is 1.82. The van der Waals surface area contributed by atoms with E-state index >= 15 is 0 Å². The minimum absolute atomic E-state index is 0.188. The summed E-state index contributed by atoms with van der Waals surface area (Å²) in [5.41, 5.74) is 10.4. The van der Waals surface area contributed by atoms with Gasteiger partial charge in [-0.25, -0.2) is 4.98 Å². The molecule has 0 bridgehead atoms. The van der Waals surface area contributed by atoms with Crippen molar-refractivity contribution in [1.82, 2.24) is 4.98 Å². The van der Waals surface area contributed by atoms with E-state index in [0.29, 0.717) is 0 Å². The lowest BCUT2D eigenvalue weighted by Crippen LogP contribution is -2.24. The minimum atomic E-state index is -1.31. The number of nitrogens with zero attached hydrogens (tertiary/aromatic N) is 1. The Morgan fingerprint density at radius 1 is 0.875 bits per heavy atom. The van der Waals surface area contributed by atoms with Crippen LogP contribution < -0.4 is 0 Å². The zero-order chi connectivity index (χ0) is 22.4. The molecule has 0 atom stereocenters. The molecule has 2 nitrogen and oxygen atoms in total. The Labute approximate surface area is 190 Å². The van der Waals surface area contributed by atoms with Crippen molar-refractivity contribution in [2.75, 3.05) is 0 Å². The van der Waals surface area contributed by atoms with Crippen LogP contribution in [-0.4, -0.2) is 13.1 Å². The molecule has 2 heterocycles. The number of benzene rings is 3. The fourth-order valence-corrected chi connectivity index (χ4v) is 6.95. The molecule has 0 fully saturated rings. The number of fused-ring (bicyclic) bond motifs is 3. The van der Waals surface area contributed by atoms with Gasteiger partial charge in [0, 0.05) is 35.2 Å². The molecule has 0 unspecified atom stereocenters. The zero-order valence-electron chi connectivity index (χ0n) is 19.8. The molecule has 1 aliphatic rings. The Hall–Kier alpha value is -2.91. The lowest BCUT2D eigenvalue weighted by Gasteiger charge is -2.28. The minimum Gasteiger partial charge on any atom is -0.455 e. The highest BCUT2D eigenvalue weighted by molar-refractivity contribution is 6.75. The molecule has 0 saturated carbocycles. The van der Waals surface area contributed by atoms with Gasteiger partial charge in [0.1, 0.15) is 11.2 Å². The van der Waals surface area contributed by atoms with Crippen molar-refractivity contribution >= 4 is 40.9 Å². The van der Waals surface area contributed by atoms with Crippen molar-refractivity contribution < 1.29 is 4.42 Å². The molecule has 5 aromatic rings. The third-order valence-corrected chi connectivity index (χ3v) is 8.54. The van der Waals surface area contributed by atoms with Crippen LogP contribution in [-0.2, 0) is 11.5 Å². The highest BCUT2D eigenvalue weighted by atomic mass is 28.3. The first-order valence-electron chi connectivity index (χ1n) is 11.5. The monoisotopic (exact) mass is 435 g/mol. The number of hydrogen-bond donors (Lipinski definition) is 0.